The predicted molar refractivity (Wildman–Crippen MR) is 69.2 cm³/mol. The van der Waals surface area contributed by atoms with Crippen molar-refractivity contribution in [3.8, 4) is 5.95 Å². The number of anilines is 2. The number of nitrogens with zero attached hydrogens (tertiary/aromatic N) is 4. The highest BCUT2D eigenvalue weighted by molar-refractivity contribution is 5.56. The van der Waals surface area contributed by atoms with Crippen LogP contribution in [0.2, 0.25) is 0 Å². The number of hydrogen-bond donors (Lipinski definition) is 2. The minimum atomic E-state index is 0.414. The summed E-state index contributed by atoms with van der Waals surface area (Å²) in [6.45, 7) is 0. The van der Waals surface area contributed by atoms with Crippen molar-refractivity contribution in [1.82, 2.24) is 19.7 Å². The molecule has 0 bridgehead atoms. The quantitative estimate of drug-likeness (QED) is 0.834. The first-order chi connectivity index (χ1) is 8.75. The molecule has 0 atom stereocenters. The predicted octanol–water partition coefficient (Wildman–Crippen LogP) is 1.48. The summed E-state index contributed by atoms with van der Waals surface area (Å²) < 4.78 is 1.56. The van der Waals surface area contributed by atoms with Gasteiger partial charge in [0.15, 0.2) is 0 Å². The van der Waals surface area contributed by atoms with Crippen molar-refractivity contribution in [2.75, 3.05) is 11.5 Å². The zero-order valence-electron chi connectivity index (χ0n) is 10.1. The van der Waals surface area contributed by atoms with Crippen molar-refractivity contribution in [1.29, 1.82) is 0 Å². The van der Waals surface area contributed by atoms with E-state index in [1.165, 1.54) is 12.8 Å². The van der Waals surface area contributed by atoms with E-state index in [2.05, 4.69) is 15.1 Å². The van der Waals surface area contributed by atoms with Gasteiger partial charge in [-0.25, -0.2) is 4.68 Å². The smallest absolute Gasteiger partial charge is 0.254 e. The average Bonchev–Trinajstić information content (AvgIpc) is 3.01. The Bertz CT molecular complexity index is 519. The molecule has 0 unspecified atom stereocenters. The molecule has 18 heavy (non-hydrogen) atoms. The van der Waals surface area contributed by atoms with Crippen molar-refractivity contribution < 1.29 is 0 Å². The lowest BCUT2D eigenvalue weighted by Gasteiger charge is -2.15. The number of aromatic nitrogens is 4. The molecule has 2 heterocycles. The second-order valence-electron chi connectivity index (χ2n) is 4.64. The first kappa shape index (κ1) is 11.0. The second kappa shape index (κ2) is 4.29. The molecule has 0 amide bonds. The highest BCUT2D eigenvalue weighted by atomic mass is 15.3. The molecule has 94 valence electrons. The van der Waals surface area contributed by atoms with Gasteiger partial charge < -0.3 is 11.5 Å². The summed E-state index contributed by atoms with van der Waals surface area (Å²) in [5.74, 6) is 1.81. The minimum absolute atomic E-state index is 0.414. The van der Waals surface area contributed by atoms with Gasteiger partial charge in [-0.1, -0.05) is 12.8 Å². The standard InChI is InChI=1S/C12H16N6/c13-10-9(8-4-1-2-5-8)11(14)17-12(16-10)18-7-3-6-15-18/h3,6-8H,1-2,4-5H2,(H4,13,14,16,17). The van der Waals surface area contributed by atoms with Crippen molar-refractivity contribution in [2.45, 2.75) is 31.6 Å². The Morgan fingerprint density at radius 3 is 2.33 bits per heavy atom. The fraction of sp³-hybridized carbons (Fsp3) is 0.417. The summed E-state index contributed by atoms with van der Waals surface area (Å²) in [5.41, 5.74) is 13.0. The maximum atomic E-state index is 6.04. The molecule has 0 aliphatic heterocycles. The lowest BCUT2D eigenvalue weighted by atomic mass is 9.99. The van der Waals surface area contributed by atoms with Crippen molar-refractivity contribution in [2.24, 2.45) is 0 Å². The maximum Gasteiger partial charge on any atom is 0.254 e. The summed E-state index contributed by atoms with van der Waals surface area (Å²) >= 11 is 0. The largest absolute Gasteiger partial charge is 0.383 e. The lowest BCUT2D eigenvalue weighted by molar-refractivity contribution is 0.714. The number of rotatable bonds is 2. The van der Waals surface area contributed by atoms with E-state index >= 15 is 0 Å². The molecule has 1 aliphatic carbocycles. The van der Waals surface area contributed by atoms with Crippen molar-refractivity contribution in [3.63, 3.8) is 0 Å². The molecule has 0 aromatic carbocycles. The fourth-order valence-electron chi connectivity index (χ4n) is 2.61. The SMILES string of the molecule is Nc1nc(-n2cccn2)nc(N)c1C1CCCC1. The van der Waals surface area contributed by atoms with Crippen LogP contribution < -0.4 is 11.5 Å². The summed E-state index contributed by atoms with van der Waals surface area (Å²) in [6.07, 6.45) is 8.14. The van der Waals surface area contributed by atoms with Gasteiger partial charge in [0.05, 0.1) is 0 Å². The van der Waals surface area contributed by atoms with Crippen LogP contribution in [0.15, 0.2) is 18.5 Å². The molecule has 1 aliphatic rings. The van der Waals surface area contributed by atoms with Crippen molar-refractivity contribution in [3.05, 3.63) is 24.0 Å². The van der Waals surface area contributed by atoms with Crippen molar-refractivity contribution >= 4 is 11.6 Å². The molecule has 3 rings (SSSR count). The van der Waals surface area contributed by atoms with Gasteiger partial charge in [0, 0.05) is 18.0 Å². The molecular formula is C12H16N6. The molecule has 1 saturated carbocycles. The normalized spacial score (nSPS) is 16.2. The average molecular weight is 244 g/mol. The topological polar surface area (TPSA) is 95.6 Å². The Hall–Kier alpha value is -2.11. The Labute approximate surface area is 105 Å². The second-order valence-corrected chi connectivity index (χ2v) is 4.64. The molecule has 2 aromatic heterocycles. The summed E-state index contributed by atoms with van der Waals surface area (Å²) in [6, 6.07) is 1.81. The molecule has 4 N–H and O–H groups in total. The first-order valence-corrected chi connectivity index (χ1v) is 6.18. The fourth-order valence-corrected chi connectivity index (χ4v) is 2.61. The molecule has 0 spiro atoms. The molecule has 6 nitrogen and oxygen atoms in total. The summed E-state index contributed by atoms with van der Waals surface area (Å²) in [7, 11) is 0. The Kier molecular flexibility index (Phi) is 2.62. The van der Waals surface area contributed by atoms with E-state index in [0.29, 0.717) is 23.5 Å². The van der Waals surface area contributed by atoms with Gasteiger partial charge in [0.25, 0.3) is 5.95 Å². The van der Waals surface area contributed by atoms with Crippen LogP contribution >= 0.6 is 0 Å². The summed E-state index contributed by atoms with van der Waals surface area (Å²) in [5, 5.41) is 4.08. The first-order valence-electron chi connectivity index (χ1n) is 6.18. The van der Waals surface area contributed by atoms with Crippen LogP contribution in [0.5, 0.6) is 0 Å². The third-order valence-corrected chi connectivity index (χ3v) is 3.47. The monoisotopic (exact) mass is 244 g/mol. The van der Waals surface area contributed by atoms with Gasteiger partial charge in [-0.15, -0.1) is 0 Å². The van der Waals surface area contributed by atoms with E-state index in [9.17, 15) is 0 Å². The Morgan fingerprint density at radius 2 is 1.78 bits per heavy atom. The van der Waals surface area contributed by atoms with Crippen LogP contribution in [0.1, 0.15) is 37.2 Å². The third kappa shape index (κ3) is 1.79. The Balaban J connectivity index is 2.03. The molecule has 0 saturated heterocycles. The van der Waals surface area contributed by atoms with Gasteiger partial charge in [-0.05, 0) is 24.8 Å². The molecule has 6 heteroatoms. The minimum Gasteiger partial charge on any atom is -0.383 e. The van der Waals surface area contributed by atoms with E-state index in [-0.39, 0.29) is 0 Å². The zero-order chi connectivity index (χ0) is 12.5. The van der Waals surface area contributed by atoms with E-state index in [4.69, 9.17) is 11.5 Å². The van der Waals surface area contributed by atoms with E-state index < -0.39 is 0 Å². The van der Waals surface area contributed by atoms with Gasteiger partial charge in [-0.3, -0.25) is 0 Å². The number of hydrogen-bond acceptors (Lipinski definition) is 5. The third-order valence-electron chi connectivity index (χ3n) is 3.47. The van der Waals surface area contributed by atoms with E-state index in [1.54, 1.807) is 23.1 Å². The summed E-state index contributed by atoms with van der Waals surface area (Å²) in [4.78, 5) is 8.62. The number of nitrogens with two attached hydrogens (primary N) is 2. The van der Waals surface area contributed by atoms with Crippen LogP contribution in [0.25, 0.3) is 5.95 Å². The van der Waals surface area contributed by atoms with Crippen LogP contribution in [-0.4, -0.2) is 19.7 Å². The van der Waals surface area contributed by atoms with Crippen LogP contribution in [0.3, 0.4) is 0 Å². The molecule has 1 fully saturated rings. The van der Waals surface area contributed by atoms with Crippen LogP contribution in [0.4, 0.5) is 11.6 Å². The maximum absolute atomic E-state index is 6.04. The van der Waals surface area contributed by atoms with E-state index in [1.807, 2.05) is 0 Å². The van der Waals surface area contributed by atoms with Gasteiger partial charge >= 0.3 is 0 Å². The zero-order valence-corrected chi connectivity index (χ0v) is 10.1. The highest BCUT2D eigenvalue weighted by Crippen LogP contribution is 2.38. The van der Waals surface area contributed by atoms with Crippen LogP contribution in [-0.2, 0) is 0 Å². The number of nitrogen functional groups attached to an aromatic ring is 2. The molecular weight excluding hydrogens is 228 g/mol. The van der Waals surface area contributed by atoms with E-state index in [0.717, 1.165) is 18.4 Å². The highest BCUT2D eigenvalue weighted by Gasteiger charge is 2.24. The van der Waals surface area contributed by atoms with Gasteiger partial charge in [0.2, 0.25) is 0 Å². The molecule has 0 radical (unpaired) electrons. The van der Waals surface area contributed by atoms with Crippen LogP contribution in [0, 0.1) is 0 Å². The van der Waals surface area contributed by atoms with Gasteiger partial charge in [0.1, 0.15) is 11.6 Å². The lowest BCUT2D eigenvalue weighted by Crippen LogP contribution is -2.12. The Morgan fingerprint density at radius 1 is 1.11 bits per heavy atom. The molecule has 2 aromatic rings. The van der Waals surface area contributed by atoms with Gasteiger partial charge in [-0.2, -0.15) is 15.1 Å².